The number of para-hydroxylation sites is 1. The van der Waals surface area contributed by atoms with E-state index in [0.717, 1.165) is 27.0 Å². The molecule has 1 amide bonds. The number of fused-ring (bicyclic) bond motifs is 1. The SMILES string of the molecule is COc1ccc(Br)cc1C[C@@H]1C(=O)Nc2ccccc21. The minimum atomic E-state index is -0.158. The highest BCUT2D eigenvalue weighted by molar-refractivity contribution is 9.10. The number of amides is 1. The number of nitrogens with one attached hydrogen (secondary N) is 1. The molecule has 0 aromatic heterocycles. The summed E-state index contributed by atoms with van der Waals surface area (Å²) in [5, 5.41) is 2.93. The molecule has 3 nitrogen and oxygen atoms in total. The third-order valence-corrected chi connectivity index (χ3v) is 4.07. The summed E-state index contributed by atoms with van der Waals surface area (Å²) in [7, 11) is 1.65. The van der Waals surface area contributed by atoms with Crippen molar-refractivity contribution in [1.82, 2.24) is 0 Å². The van der Waals surface area contributed by atoms with E-state index in [-0.39, 0.29) is 11.8 Å². The average molecular weight is 332 g/mol. The van der Waals surface area contributed by atoms with Gasteiger partial charge >= 0.3 is 0 Å². The Hall–Kier alpha value is -1.81. The van der Waals surface area contributed by atoms with E-state index >= 15 is 0 Å². The molecule has 2 aromatic rings. The molecule has 1 heterocycles. The molecule has 102 valence electrons. The lowest BCUT2D eigenvalue weighted by Crippen LogP contribution is -2.14. The van der Waals surface area contributed by atoms with Gasteiger partial charge < -0.3 is 10.1 Å². The topological polar surface area (TPSA) is 38.3 Å². The lowest BCUT2D eigenvalue weighted by Gasteiger charge is -2.13. The molecule has 1 aliphatic rings. The lowest BCUT2D eigenvalue weighted by atomic mass is 9.93. The molecule has 0 saturated heterocycles. The standard InChI is InChI=1S/C16H14BrNO2/c1-20-15-7-6-11(17)8-10(15)9-13-12-4-2-3-5-14(12)18-16(13)19/h2-8,13H,9H2,1H3,(H,18,19)/t13-/m0/s1. The van der Waals surface area contributed by atoms with Gasteiger partial charge in [-0.25, -0.2) is 0 Å². The Balaban J connectivity index is 1.96. The number of halogens is 1. The Labute approximate surface area is 126 Å². The molecule has 0 aliphatic carbocycles. The second kappa shape index (κ2) is 5.29. The quantitative estimate of drug-likeness (QED) is 0.930. The number of carbonyl (C=O) groups is 1. The minimum Gasteiger partial charge on any atom is -0.496 e. The summed E-state index contributed by atoms with van der Waals surface area (Å²) in [6, 6.07) is 13.7. The molecule has 0 bridgehead atoms. The maximum absolute atomic E-state index is 12.2. The Bertz CT molecular complexity index is 669. The number of anilines is 1. The number of hydrogen-bond donors (Lipinski definition) is 1. The van der Waals surface area contributed by atoms with Crippen LogP contribution in [0, 0.1) is 0 Å². The Morgan fingerprint density at radius 3 is 2.85 bits per heavy atom. The number of rotatable bonds is 3. The van der Waals surface area contributed by atoms with E-state index in [4.69, 9.17) is 4.74 Å². The van der Waals surface area contributed by atoms with Gasteiger partial charge in [-0.15, -0.1) is 0 Å². The third-order valence-electron chi connectivity index (χ3n) is 3.58. The monoisotopic (exact) mass is 331 g/mol. The fourth-order valence-corrected chi connectivity index (χ4v) is 3.01. The van der Waals surface area contributed by atoms with Crippen molar-refractivity contribution in [2.75, 3.05) is 12.4 Å². The maximum atomic E-state index is 12.2. The molecular weight excluding hydrogens is 318 g/mol. The van der Waals surface area contributed by atoms with Crippen LogP contribution in [0.3, 0.4) is 0 Å². The minimum absolute atomic E-state index is 0.0493. The normalized spacial score (nSPS) is 16.7. The summed E-state index contributed by atoms with van der Waals surface area (Å²) in [5.41, 5.74) is 3.00. The number of ether oxygens (including phenoxy) is 1. The summed E-state index contributed by atoms with van der Waals surface area (Å²) in [4.78, 5) is 12.2. The summed E-state index contributed by atoms with van der Waals surface area (Å²) in [6.45, 7) is 0. The molecule has 3 rings (SSSR count). The molecule has 1 aliphatic heterocycles. The van der Waals surface area contributed by atoms with Crippen molar-refractivity contribution >= 4 is 27.5 Å². The second-order valence-electron chi connectivity index (χ2n) is 4.79. The fourth-order valence-electron chi connectivity index (χ4n) is 2.61. The van der Waals surface area contributed by atoms with E-state index in [1.54, 1.807) is 7.11 Å². The van der Waals surface area contributed by atoms with Crippen LogP contribution in [0.4, 0.5) is 5.69 Å². The van der Waals surface area contributed by atoms with E-state index in [2.05, 4.69) is 21.2 Å². The molecule has 1 N–H and O–H groups in total. The first-order valence-corrected chi connectivity index (χ1v) is 7.20. The fraction of sp³-hybridized carbons (Fsp3) is 0.188. The Morgan fingerprint density at radius 2 is 2.05 bits per heavy atom. The van der Waals surface area contributed by atoms with Crippen LogP contribution in [0.15, 0.2) is 46.9 Å². The van der Waals surface area contributed by atoms with Crippen LogP contribution >= 0.6 is 15.9 Å². The highest BCUT2D eigenvalue weighted by Crippen LogP contribution is 2.36. The largest absolute Gasteiger partial charge is 0.496 e. The van der Waals surface area contributed by atoms with E-state index in [0.29, 0.717) is 6.42 Å². The van der Waals surface area contributed by atoms with Crippen LogP contribution in [0.2, 0.25) is 0 Å². The average Bonchev–Trinajstić information content (AvgIpc) is 2.76. The van der Waals surface area contributed by atoms with Crippen LogP contribution in [-0.2, 0) is 11.2 Å². The van der Waals surface area contributed by atoms with Crippen molar-refractivity contribution in [3.05, 3.63) is 58.1 Å². The first-order chi connectivity index (χ1) is 9.69. The highest BCUT2D eigenvalue weighted by atomic mass is 79.9. The maximum Gasteiger partial charge on any atom is 0.232 e. The first-order valence-electron chi connectivity index (χ1n) is 6.41. The second-order valence-corrected chi connectivity index (χ2v) is 5.71. The van der Waals surface area contributed by atoms with Gasteiger partial charge in [0.1, 0.15) is 5.75 Å². The van der Waals surface area contributed by atoms with Gasteiger partial charge in [0.15, 0.2) is 0 Å². The first kappa shape index (κ1) is 13.2. The van der Waals surface area contributed by atoms with Crippen LogP contribution in [-0.4, -0.2) is 13.0 Å². The zero-order valence-corrected chi connectivity index (χ0v) is 12.6. The van der Waals surface area contributed by atoms with Crippen LogP contribution in [0.1, 0.15) is 17.0 Å². The smallest absolute Gasteiger partial charge is 0.232 e. The van der Waals surface area contributed by atoms with Gasteiger partial charge in [0.25, 0.3) is 0 Å². The summed E-state index contributed by atoms with van der Waals surface area (Å²) in [6.07, 6.45) is 0.630. The van der Waals surface area contributed by atoms with Crippen molar-refractivity contribution in [2.24, 2.45) is 0 Å². The molecule has 4 heteroatoms. The summed E-state index contributed by atoms with van der Waals surface area (Å²) in [5.74, 6) is 0.702. The van der Waals surface area contributed by atoms with E-state index in [9.17, 15) is 4.79 Å². The predicted octanol–water partition coefficient (Wildman–Crippen LogP) is 3.74. The summed E-state index contributed by atoms with van der Waals surface area (Å²) >= 11 is 3.47. The number of methoxy groups -OCH3 is 1. The van der Waals surface area contributed by atoms with Crippen molar-refractivity contribution in [1.29, 1.82) is 0 Å². The van der Waals surface area contributed by atoms with E-state index in [1.165, 1.54) is 0 Å². The van der Waals surface area contributed by atoms with Crippen LogP contribution in [0.5, 0.6) is 5.75 Å². The zero-order chi connectivity index (χ0) is 14.1. The molecule has 2 aromatic carbocycles. The number of hydrogen-bond acceptors (Lipinski definition) is 2. The number of carbonyl (C=O) groups excluding carboxylic acids is 1. The van der Waals surface area contributed by atoms with Gasteiger partial charge in [-0.3, -0.25) is 4.79 Å². The molecule has 0 fully saturated rings. The van der Waals surface area contributed by atoms with Crippen molar-refractivity contribution in [2.45, 2.75) is 12.3 Å². The predicted molar refractivity (Wildman–Crippen MR) is 82.2 cm³/mol. The molecular formula is C16H14BrNO2. The van der Waals surface area contributed by atoms with Crippen molar-refractivity contribution < 1.29 is 9.53 Å². The molecule has 0 radical (unpaired) electrons. The Kier molecular flexibility index (Phi) is 3.49. The van der Waals surface area contributed by atoms with Crippen LogP contribution < -0.4 is 10.1 Å². The zero-order valence-electron chi connectivity index (χ0n) is 11.0. The molecule has 20 heavy (non-hydrogen) atoms. The van der Waals surface area contributed by atoms with Crippen LogP contribution in [0.25, 0.3) is 0 Å². The third kappa shape index (κ3) is 2.31. The van der Waals surface area contributed by atoms with Gasteiger partial charge in [-0.2, -0.15) is 0 Å². The van der Waals surface area contributed by atoms with Gasteiger partial charge in [0.05, 0.1) is 13.0 Å². The van der Waals surface area contributed by atoms with E-state index < -0.39 is 0 Å². The van der Waals surface area contributed by atoms with Gasteiger partial charge in [0, 0.05) is 10.2 Å². The van der Waals surface area contributed by atoms with Gasteiger partial charge in [0.2, 0.25) is 5.91 Å². The Morgan fingerprint density at radius 1 is 1.25 bits per heavy atom. The van der Waals surface area contributed by atoms with Crippen molar-refractivity contribution in [3.63, 3.8) is 0 Å². The van der Waals surface area contributed by atoms with E-state index in [1.807, 2.05) is 42.5 Å². The summed E-state index contributed by atoms with van der Waals surface area (Å²) < 4.78 is 6.37. The highest BCUT2D eigenvalue weighted by Gasteiger charge is 2.30. The van der Waals surface area contributed by atoms with Gasteiger partial charge in [-0.05, 0) is 41.8 Å². The van der Waals surface area contributed by atoms with Crippen molar-refractivity contribution in [3.8, 4) is 5.75 Å². The molecule has 1 atom stereocenters. The number of benzene rings is 2. The lowest BCUT2D eigenvalue weighted by molar-refractivity contribution is -0.117. The molecule has 0 unspecified atom stereocenters. The molecule has 0 spiro atoms. The molecule has 0 saturated carbocycles. The van der Waals surface area contributed by atoms with Gasteiger partial charge in [-0.1, -0.05) is 34.1 Å².